The van der Waals surface area contributed by atoms with E-state index in [1.165, 1.54) is 22.0 Å². The number of benzene rings is 3. The highest BCUT2D eigenvalue weighted by Gasteiger charge is 2.12. The first-order valence-corrected chi connectivity index (χ1v) is 11.0. The summed E-state index contributed by atoms with van der Waals surface area (Å²) in [6.07, 6.45) is 7.71. The summed E-state index contributed by atoms with van der Waals surface area (Å²) in [5.74, 6) is 0.939. The number of aromatic nitrogens is 2. The number of aryl methyl sites for hydroxylation is 1. The number of anilines is 1. The van der Waals surface area contributed by atoms with Crippen LogP contribution in [-0.4, -0.2) is 29.8 Å². The van der Waals surface area contributed by atoms with Crippen molar-refractivity contribution in [3.63, 3.8) is 0 Å². The standard InChI is InChI=1S/C25H26BrN3O/c1-30-25-11-10-22(26)18-21(25)12-16-29(15-5-14-28-17-13-27-19-28)24-9-4-7-20-6-2-3-8-23(20)24/h2-4,6-11,13,17-19H,5,12,14-16H2,1H3. The lowest BCUT2D eigenvalue weighted by Gasteiger charge is -2.27. The van der Waals surface area contributed by atoms with Gasteiger partial charge in [-0.1, -0.05) is 52.3 Å². The Morgan fingerprint density at radius 3 is 2.73 bits per heavy atom. The van der Waals surface area contributed by atoms with E-state index in [-0.39, 0.29) is 0 Å². The van der Waals surface area contributed by atoms with E-state index in [1.807, 2.05) is 30.9 Å². The van der Waals surface area contributed by atoms with Gasteiger partial charge in [0.1, 0.15) is 5.75 Å². The highest BCUT2D eigenvalue weighted by Crippen LogP contribution is 2.29. The molecule has 0 fully saturated rings. The van der Waals surface area contributed by atoms with Crippen LogP contribution in [0.4, 0.5) is 5.69 Å². The maximum absolute atomic E-state index is 5.59. The van der Waals surface area contributed by atoms with Crippen LogP contribution in [0.2, 0.25) is 0 Å². The Morgan fingerprint density at radius 2 is 1.90 bits per heavy atom. The molecule has 4 aromatic rings. The third-order valence-corrected chi connectivity index (χ3v) is 5.90. The molecule has 0 saturated heterocycles. The monoisotopic (exact) mass is 463 g/mol. The molecule has 0 aliphatic heterocycles. The van der Waals surface area contributed by atoms with Crippen LogP contribution in [0.3, 0.4) is 0 Å². The highest BCUT2D eigenvalue weighted by molar-refractivity contribution is 9.10. The predicted molar refractivity (Wildman–Crippen MR) is 127 cm³/mol. The summed E-state index contributed by atoms with van der Waals surface area (Å²) in [7, 11) is 1.74. The Hall–Kier alpha value is -2.79. The number of methoxy groups -OCH3 is 1. The minimum atomic E-state index is 0.914. The Bertz CT molecular complexity index is 1090. The first-order chi connectivity index (χ1) is 14.7. The minimum absolute atomic E-state index is 0.914. The summed E-state index contributed by atoms with van der Waals surface area (Å²) in [5, 5.41) is 2.57. The minimum Gasteiger partial charge on any atom is -0.496 e. The molecule has 0 aliphatic carbocycles. The van der Waals surface area contributed by atoms with E-state index in [0.717, 1.165) is 42.7 Å². The van der Waals surface area contributed by atoms with Crippen LogP contribution >= 0.6 is 15.9 Å². The average Bonchev–Trinajstić information content (AvgIpc) is 3.29. The molecule has 0 saturated carbocycles. The quantitative estimate of drug-likeness (QED) is 0.307. The molecule has 1 aromatic heterocycles. The van der Waals surface area contributed by atoms with Crippen molar-refractivity contribution in [2.45, 2.75) is 19.4 Å². The maximum atomic E-state index is 5.59. The van der Waals surface area contributed by atoms with Crippen molar-refractivity contribution < 1.29 is 4.74 Å². The molecule has 0 spiro atoms. The van der Waals surface area contributed by atoms with Gasteiger partial charge in [0.25, 0.3) is 0 Å². The molecule has 0 atom stereocenters. The smallest absolute Gasteiger partial charge is 0.122 e. The molecular weight excluding hydrogens is 438 g/mol. The lowest BCUT2D eigenvalue weighted by atomic mass is 10.1. The molecule has 0 N–H and O–H groups in total. The van der Waals surface area contributed by atoms with Crippen LogP contribution in [-0.2, 0) is 13.0 Å². The summed E-state index contributed by atoms with van der Waals surface area (Å²) in [6, 6.07) is 21.4. The van der Waals surface area contributed by atoms with Crippen molar-refractivity contribution in [1.29, 1.82) is 0 Å². The fourth-order valence-corrected chi connectivity index (χ4v) is 4.31. The number of hydrogen-bond donors (Lipinski definition) is 0. The average molecular weight is 464 g/mol. The zero-order valence-electron chi connectivity index (χ0n) is 17.2. The van der Waals surface area contributed by atoms with E-state index in [0.29, 0.717) is 0 Å². The number of ether oxygens (including phenoxy) is 1. The van der Waals surface area contributed by atoms with Gasteiger partial charge in [-0.3, -0.25) is 0 Å². The van der Waals surface area contributed by atoms with Crippen LogP contribution in [0.25, 0.3) is 10.8 Å². The van der Waals surface area contributed by atoms with Gasteiger partial charge in [-0.25, -0.2) is 4.98 Å². The first-order valence-electron chi connectivity index (χ1n) is 10.3. The Morgan fingerprint density at radius 1 is 1.03 bits per heavy atom. The van der Waals surface area contributed by atoms with Gasteiger partial charge in [0, 0.05) is 47.6 Å². The molecule has 154 valence electrons. The summed E-state index contributed by atoms with van der Waals surface area (Å²) in [6.45, 7) is 2.86. The predicted octanol–water partition coefficient (Wildman–Crippen LogP) is 5.95. The molecule has 30 heavy (non-hydrogen) atoms. The number of imidazole rings is 1. The van der Waals surface area contributed by atoms with E-state index in [1.54, 1.807) is 7.11 Å². The van der Waals surface area contributed by atoms with Crippen LogP contribution in [0.5, 0.6) is 5.75 Å². The topological polar surface area (TPSA) is 30.3 Å². The number of rotatable bonds is 9. The third-order valence-electron chi connectivity index (χ3n) is 5.40. The van der Waals surface area contributed by atoms with Crippen LogP contribution in [0.1, 0.15) is 12.0 Å². The zero-order chi connectivity index (χ0) is 20.8. The SMILES string of the molecule is COc1ccc(Br)cc1CCN(CCCn1ccnc1)c1cccc2ccccc12. The van der Waals surface area contributed by atoms with Gasteiger partial charge < -0.3 is 14.2 Å². The van der Waals surface area contributed by atoms with E-state index >= 15 is 0 Å². The van der Waals surface area contributed by atoms with Gasteiger partial charge in [0.2, 0.25) is 0 Å². The molecule has 4 nitrogen and oxygen atoms in total. The van der Waals surface area contributed by atoms with Crippen molar-refractivity contribution in [2.75, 3.05) is 25.1 Å². The second-order valence-corrected chi connectivity index (χ2v) is 8.26. The van der Waals surface area contributed by atoms with Crippen LogP contribution < -0.4 is 9.64 Å². The zero-order valence-corrected chi connectivity index (χ0v) is 18.8. The van der Waals surface area contributed by atoms with E-state index in [2.05, 4.69) is 78.9 Å². The normalized spacial score (nSPS) is 11.0. The van der Waals surface area contributed by atoms with E-state index in [4.69, 9.17) is 4.74 Å². The lowest BCUT2D eigenvalue weighted by Crippen LogP contribution is -2.28. The third kappa shape index (κ3) is 4.85. The van der Waals surface area contributed by atoms with Gasteiger partial charge in [-0.15, -0.1) is 0 Å². The largest absolute Gasteiger partial charge is 0.496 e. The molecule has 0 amide bonds. The molecule has 0 unspecified atom stereocenters. The highest BCUT2D eigenvalue weighted by atomic mass is 79.9. The lowest BCUT2D eigenvalue weighted by molar-refractivity contribution is 0.409. The molecule has 0 aliphatic rings. The summed E-state index contributed by atoms with van der Waals surface area (Å²) >= 11 is 3.60. The van der Waals surface area contributed by atoms with Crippen LogP contribution in [0.15, 0.2) is 83.9 Å². The van der Waals surface area contributed by atoms with Crippen molar-refractivity contribution in [3.05, 3.63) is 89.4 Å². The van der Waals surface area contributed by atoms with Gasteiger partial charge in [0.05, 0.1) is 13.4 Å². The maximum Gasteiger partial charge on any atom is 0.122 e. The van der Waals surface area contributed by atoms with Crippen molar-refractivity contribution in [3.8, 4) is 5.75 Å². The van der Waals surface area contributed by atoms with Crippen molar-refractivity contribution in [1.82, 2.24) is 9.55 Å². The molecule has 4 rings (SSSR count). The summed E-state index contributed by atoms with van der Waals surface area (Å²) in [5.41, 5.74) is 2.50. The number of nitrogens with zero attached hydrogens (tertiary/aromatic N) is 3. The van der Waals surface area contributed by atoms with Crippen molar-refractivity contribution >= 4 is 32.4 Å². The molecule has 0 bridgehead atoms. The van der Waals surface area contributed by atoms with Crippen molar-refractivity contribution in [2.24, 2.45) is 0 Å². The molecule has 5 heteroatoms. The number of fused-ring (bicyclic) bond motifs is 1. The Kier molecular flexibility index (Phi) is 6.70. The van der Waals surface area contributed by atoms with Gasteiger partial charge in [-0.2, -0.15) is 0 Å². The second-order valence-electron chi connectivity index (χ2n) is 7.35. The fraction of sp³-hybridized carbons (Fsp3) is 0.240. The molecule has 1 heterocycles. The van der Waals surface area contributed by atoms with Gasteiger partial charge >= 0.3 is 0 Å². The number of hydrogen-bond acceptors (Lipinski definition) is 3. The second kappa shape index (κ2) is 9.81. The summed E-state index contributed by atoms with van der Waals surface area (Å²) < 4.78 is 8.81. The molecular formula is C25H26BrN3O. The Labute approximate surface area is 186 Å². The van der Waals surface area contributed by atoms with Gasteiger partial charge in [0.15, 0.2) is 0 Å². The van der Waals surface area contributed by atoms with Crippen LogP contribution in [0, 0.1) is 0 Å². The van der Waals surface area contributed by atoms with E-state index < -0.39 is 0 Å². The number of halogens is 1. The Balaban J connectivity index is 1.57. The first kappa shape index (κ1) is 20.5. The summed E-state index contributed by atoms with van der Waals surface area (Å²) in [4.78, 5) is 6.65. The van der Waals surface area contributed by atoms with E-state index in [9.17, 15) is 0 Å². The molecule has 3 aromatic carbocycles. The fourth-order valence-electron chi connectivity index (χ4n) is 3.90. The molecule has 0 radical (unpaired) electrons. The van der Waals surface area contributed by atoms with Gasteiger partial charge in [-0.05, 0) is 48.1 Å².